The van der Waals surface area contributed by atoms with E-state index in [2.05, 4.69) is 18.2 Å². The highest BCUT2D eigenvalue weighted by molar-refractivity contribution is 6.00. The number of carbonyl (C=O) groups is 1. The molecule has 0 radical (unpaired) electrons. The van der Waals surface area contributed by atoms with Gasteiger partial charge in [0, 0.05) is 12.5 Å². The monoisotopic (exact) mass is 204 g/mol. The quantitative estimate of drug-likeness (QED) is 0.416. The number of likely N-dealkylation sites (N-methyl/N-ethyl adjacent to an activating group) is 1. The maximum atomic E-state index is 12.2. The molecule has 0 heterocycles. The number of hydrogen-bond acceptors (Lipinski definition) is 3. The number of hydrogen-bond donors (Lipinski definition) is 1. The molecular formula is C12H16N2O. The van der Waals surface area contributed by atoms with Crippen LogP contribution in [0.5, 0.6) is 0 Å². The van der Waals surface area contributed by atoms with Crippen molar-refractivity contribution in [2.75, 3.05) is 6.54 Å². The molecule has 3 rings (SSSR count). The van der Waals surface area contributed by atoms with Crippen molar-refractivity contribution < 1.29 is 4.79 Å². The van der Waals surface area contributed by atoms with E-state index in [4.69, 9.17) is 5.84 Å². The Balaban J connectivity index is 1.92. The Labute approximate surface area is 89.6 Å². The fourth-order valence-corrected chi connectivity index (χ4v) is 3.30. The first kappa shape index (κ1) is 9.16. The third kappa shape index (κ3) is 1.07. The van der Waals surface area contributed by atoms with E-state index in [9.17, 15) is 4.79 Å². The number of rotatable bonds is 2. The molecule has 4 atom stereocenters. The second-order valence-corrected chi connectivity index (χ2v) is 4.75. The van der Waals surface area contributed by atoms with Crippen molar-refractivity contribution in [2.24, 2.45) is 29.5 Å². The summed E-state index contributed by atoms with van der Waals surface area (Å²) in [5, 5.41) is 1.58. The zero-order valence-electron chi connectivity index (χ0n) is 8.89. The lowest BCUT2D eigenvalue weighted by molar-refractivity contribution is -0.121. The fraction of sp³-hybridized carbons (Fsp3) is 0.583. The van der Waals surface area contributed by atoms with Gasteiger partial charge in [-0.05, 0) is 31.1 Å². The van der Waals surface area contributed by atoms with Crippen molar-refractivity contribution in [3.8, 4) is 0 Å². The van der Waals surface area contributed by atoms with Gasteiger partial charge in [0.05, 0.1) is 5.70 Å². The Morgan fingerprint density at radius 1 is 1.47 bits per heavy atom. The first-order valence-corrected chi connectivity index (χ1v) is 5.69. The lowest BCUT2D eigenvalue weighted by Gasteiger charge is -2.19. The molecular weight excluding hydrogens is 188 g/mol. The second kappa shape index (κ2) is 2.95. The molecule has 3 nitrogen and oxygen atoms in total. The predicted molar refractivity (Wildman–Crippen MR) is 57.4 cm³/mol. The third-order valence-corrected chi connectivity index (χ3v) is 4.08. The predicted octanol–water partition coefficient (Wildman–Crippen LogP) is 1.09. The van der Waals surface area contributed by atoms with E-state index in [0.717, 1.165) is 5.70 Å². The van der Waals surface area contributed by atoms with Gasteiger partial charge in [0.15, 0.2) is 5.78 Å². The SMILES string of the molecule is CCN(N)C1=CC2C3C=CC(C3)C2C1=O. The summed E-state index contributed by atoms with van der Waals surface area (Å²) in [5.41, 5.74) is 0.742. The van der Waals surface area contributed by atoms with E-state index in [1.54, 1.807) is 5.01 Å². The smallest absolute Gasteiger partial charge is 0.184 e. The third-order valence-electron chi connectivity index (χ3n) is 4.08. The van der Waals surface area contributed by atoms with Gasteiger partial charge in [-0.15, -0.1) is 0 Å². The van der Waals surface area contributed by atoms with E-state index in [1.807, 2.05) is 6.92 Å². The number of fused-ring (bicyclic) bond motifs is 5. The van der Waals surface area contributed by atoms with E-state index in [-0.39, 0.29) is 11.7 Å². The van der Waals surface area contributed by atoms with Crippen molar-refractivity contribution in [1.29, 1.82) is 0 Å². The van der Waals surface area contributed by atoms with Crippen molar-refractivity contribution in [2.45, 2.75) is 13.3 Å². The van der Waals surface area contributed by atoms with Gasteiger partial charge in [0.25, 0.3) is 0 Å². The molecule has 0 saturated heterocycles. The number of nitrogens with two attached hydrogens (primary N) is 1. The number of hydrazine groups is 1. The molecule has 0 amide bonds. The van der Waals surface area contributed by atoms with Crippen LogP contribution in [0.1, 0.15) is 13.3 Å². The first-order chi connectivity index (χ1) is 7.22. The number of allylic oxidation sites excluding steroid dienone is 4. The Morgan fingerprint density at radius 3 is 2.87 bits per heavy atom. The molecule has 2 N–H and O–H groups in total. The Bertz CT molecular complexity index is 372. The van der Waals surface area contributed by atoms with Crippen LogP contribution in [-0.4, -0.2) is 17.3 Å². The van der Waals surface area contributed by atoms with E-state index < -0.39 is 0 Å². The highest BCUT2D eigenvalue weighted by Crippen LogP contribution is 2.52. The van der Waals surface area contributed by atoms with Gasteiger partial charge in [-0.25, -0.2) is 5.84 Å². The van der Waals surface area contributed by atoms with Gasteiger partial charge in [0.2, 0.25) is 0 Å². The van der Waals surface area contributed by atoms with Crippen LogP contribution in [0.3, 0.4) is 0 Å². The van der Waals surface area contributed by atoms with Crippen LogP contribution in [-0.2, 0) is 4.79 Å². The topological polar surface area (TPSA) is 46.3 Å². The van der Waals surface area contributed by atoms with E-state index >= 15 is 0 Å². The molecule has 0 aromatic carbocycles. The molecule has 4 unspecified atom stereocenters. The highest BCUT2D eigenvalue weighted by Gasteiger charge is 2.51. The number of Topliss-reactive ketones (excluding diaryl/α,β-unsaturated/α-hetero) is 1. The van der Waals surface area contributed by atoms with Gasteiger partial charge in [-0.1, -0.05) is 18.2 Å². The molecule has 0 spiro atoms. The largest absolute Gasteiger partial charge is 0.308 e. The van der Waals surface area contributed by atoms with Gasteiger partial charge < -0.3 is 5.01 Å². The van der Waals surface area contributed by atoms with Crippen molar-refractivity contribution in [3.63, 3.8) is 0 Å². The molecule has 3 heteroatoms. The molecule has 1 fully saturated rings. The summed E-state index contributed by atoms with van der Waals surface area (Å²) >= 11 is 0. The number of ketones is 1. The lowest BCUT2D eigenvalue weighted by Crippen LogP contribution is -2.34. The molecule has 0 aromatic heterocycles. The average Bonchev–Trinajstić information content (AvgIpc) is 2.89. The van der Waals surface area contributed by atoms with Gasteiger partial charge >= 0.3 is 0 Å². The fourth-order valence-electron chi connectivity index (χ4n) is 3.30. The summed E-state index contributed by atoms with van der Waals surface area (Å²) in [7, 11) is 0. The van der Waals surface area contributed by atoms with Crippen LogP contribution in [0.15, 0.2) is 23.9 Å². The Morgan fingerprint density at radius 2 is 2.20 bits per heavy atom. The summed E-state index contributed by atoms with van der Waals surface area (Å²) in [6.45, 7) is 2.66. The summed E-state index contributed by atoms with van der Waals surface area (Å²) in [4.78, 5) is 12.2. The van der Waals surface area contributed by atoms with Crippen LogP contribution in [0.25, 0.3) is 0 Å². The summed E-state index contributed by atoms with van der Waals surface area (Å²) in [6, 6.07) is 0. The summed E-state index contributed by atoms with van der Waals surface area (Å²) < 4.78 is 0. The molecule has 3 aliphatic rings. The maximum absolute atomic E-state index is 12.2. The van der Waals surface area contributed by atoms with Gasteiger partial charge in [-0.3, -0.25) is 4.79 Å². The minimum Gasteiger partial charge on any atom is -0.308 e. The van der Waals surface area contributed by atoms with E-state index in [0.29, 0.717) is 24.3 Å². The zero-order valence-corrected chi connectivity index (χ0v) is 8.89. The minimum atomic E-state index is 0.201. The second-order valence-electron chi connectivity index (χ2n) is 4.75. The molecule has 15 heavy (non-hydrogen) atoms. The maximum Gasteiger partial charge on any atom is 0.184 e. The average molecular weight is 204 g/mol. The van der Waals surface area contributed by atoms with Crippen LogP contribution in [0.4, 0.5) is 0 Å². The first-order valence-electron chi connectivity index (χ1n) is 5.69. The van der Waals surface area contributed by atoms with Crippen LogP contribution >= 0.6 is 0 Å². The molecule has 1 saturated carbocycles. The Kier molecular flexibility index (Phi) is 1.80. The summed E-state index contributed by atoms with van der Waals surface area (Å²) in [6.07, 6.45) is 7.75. The molecule has 3 aliphatic carbocycles. The number of carbonyl (C=O) groups excluding carboxylic acids is 1. The Hall–Kier alpha value is -1.09. The molecule has 80 valence electrons. The van der Waals surface area contributed by atoms with Crippen molar-refractivity contribution >= 4 is 5.78 Å². The number of nitrogens with zero attached hydrogens (tertiary/aromatic N) is 1. The summed E-state index contributed by atoms with van der Waals surface area (Å²) in [5.74, 6) is 7.77. The van der Waals surface area contributed by atoms with Crippen LogP contribution in [0, 0.1) is 23.7 Å². The standard InChI is InChI=1S/C12H16N2O/c1-2-14(13)10-6-9-7-3-4-8(5-7)11(9)12(10)15/h3-4,6-9,11H,2,5,13H2,1H3. The van der Waals surface area contributed by atoms with Crippen molar-refractivity contribution in [3.05, 3.63) is 23.9 Å². The van der Waals surface area contributed by atoms with Crippen LogP contribution < -0.4 is 5.84 Å². The molecule has 0 aliphatic heterocycles. The van der Waals surface area contributed by atoms with Gasteiger partial charge in [-0.2, -0.15) is 0 Å². The van der Waals surface area contributed by atoms with Gasteiger partial charge in [0.1, 0.15) is 0 Å². The lowest BCUT2D eigenvalue weighted by atomic mass is 9.85. The highest BCUT2D eigenvalue weighted by atomic mass is 16.1. The van der Waals surface area contributed by atoms with Crippen molar-refractivity contribution in [1.82, 2.24) is 5.01 Å². The van der Waals surface area contributed by atoms with Crippen LogP contribution in [0.2, 0.25) is 0 Å². The minimum absolute atomic E-state index is 0.201. The van der Waals surface area contributed by atoms with E-state index in [1.165, 1.54) is 6.42 Å². The molecule has 0 aromatic rings. The zero-order chi connectivity index (χ0) is 10.6. The normalized spacial score (nSPS) is 40.9. The molecule has 2 bridgehead atoms.